The van der Waals surface area contributed by atoms with Gasteiger partial charge in [-0.15, -0.1) is 11.3 Å². The molecule has 0 bridgehead atoms. The van der Waals surface area contributed by atoms with Crippen molar-refractivity contribution in [3.63, 3.8) is 0 Å². The van der Waals surface area contributed by atoms with Gasteiger partial charge in [-0.25, -0.2) is 4.98 Å². The summed E-state index contributed by atoms with van der Waals surface area (Å²) in [5.41, 5.74) is 2.43. The van der Waals surface area contributed by atoms with Crippen molar-refractivity contribution in [3.05, 3.63) is 68.6 Å². The van der Waals surface area contributed by atoms with Crippen LogP contribution in [0.3, 0.4) is 0 Å². The standard InChI is InChI=1S/C20H19ClN2O3S/c1-12-4-7-15(8-5-12)26-11-18-22-13(2)19(27-18)20(24)23-14-6-9-17(25-3)16(21)10-14/h4-10H,11H2,1-3H3,(H,23,24). The first-order valence-electron chi connectivity index (χ1n) is 8.27. The van der Waals surface area contributed by atoms with Crippen molar-refractivity contribution in [1.29, 1.82) is 0 Å². The third-order valence-corrected chi connectivity index (χ3v) is 5.27. The second kappa shape index (κ2) is 8.41. The zero-order valence-electron chi connectivity index (χ0n) is 15.2. The van der Waals surface area contributed by atoms with Crippen LogP contribution in [-0.2, 0) is 6.61 Å². The minimum absolute atomic E-state index is 0.229. The second-order valence-electron chi connectivity index (χ2n) is 5.93. The molecule has 0 aliphatic rings. The molecule has 0 saturated heterocycles. The first kappa shape index (κ1) is 19.2. The zero-order chi connectivity index (χ0) is 19.4. The summed E-state index contributed by atoms with van der Waals surface area (Å²) in [6, 6.07) is 12.9. The number of aromatic nitrogens is 1. The van der Waals surface area contributed by atoms with Gasteiger partial charge in [0.25, 0.3) is 5.91 Å². The van der Waals surface area contributed by atoms with E-state index in [-0.39, 0.29) is 5.91 Å². The lowest BCUT2D eigenvalue weighted by atomic mass is 10.2. The molecule has 0 unspecified atom stereocenters. The number of benzene rings is 2. The van der Waals surface area contributed by atoms with Gasteiger partial charge in [0.15, 0.2) is 0 Å². The Morgan fingerprint density at radius 2 is 1.93 bits per heavy atom. The van der Waals surface area contributed by atoms with Gasteiger partial charge >= 0.3 is 0 Å². The fourth-order valence-corrected chi connectivity index (χ4v) is 3.57. The molecule has 0 fully saturated rings. The van der Waals surface area contributed by atoms with Crippen molar-refractivity contribution in [2.24, 2.45) is 0 Å². The summed E-state index contributed by atoms with van der Waals surface area (Å²) in [6.07, 6.45) is 0. The number of rotatable bonds is 6. The number of hydrogen-bond donors (Lipinski definition) is 1. The molecule has 27 heavy (non-hydrogen) atoms. The van der Waals surface area contributed by atoms with E-state index in [9.17, 15) is 4.79 Å². The predicted molar refractivity (Wildman–Crippen MR) is 108 cm³/mol. The molecule has 3 rings (SSSR count). The van der Waals surface area contributed by atoms with E-state index in [1.54, 1.807) is 25.3 Å². The Morgan fingerprint density at radius 1 is 1.19 bits per heavy atom. The molecular weight excluding hydrogens is 384 g/mol. The smallest absolute Gasteiger partial charge is 0.267 e. The van der Waals surface area contributed by atoms with Gasteiger partial charge in [-0.1, -0.05) is 29.3 Å². The lowest BCUT2D eigenvalue weighted by molar-refractivity contribution is 0.103. The molecule has 1 amide bonds. The number of aryl methyl sites for hydroxylation is 2. The van der Waals surface area contributed by atoms with Crippen LogP contribution in [0.2, 0.25) is 5.02 Å². The highest BCUT2D eigenvalue weighted by atomic mass is 35.5. The first-order valence-corrected chi connectivity index (χ1v) is 9.46. The number of nitrogens with one attached hydrogen (secondary N) is 1. The van der Waals surface area contributed by atoms with Crippen molar-refractivity contribution in [3.8, 4) is 11.5 Å². The number of carbonyl (C=O) groups is 1. The van der Waals surface area contributed by atoms with Crippen molar-refractivity contribution < 1.29 is 14.3 Å². The van der Waals surface area contributed by atoms with E-state index in [0.29, 0.717) is 33.6 Å². The minimum Gasteiger partial charge on any atom is -0.495 e. The molecule has 3 aromatic rings. The molecule has 1 aromatic heterocycles. The van der Waals surface area contributed by atoms with E-state index < -0.39 is 0 Å². The molecule has 2 aromatic carbocycles. The Morgan fingerprint density at radius 3 is 2.59 bits per heavy atom. The van der Waals surface area contributed by atoms with E-state index in [0.717, 1.165) is 10.8 Å². The molecule has 0 saturated carbocycles. The van der Waals surface area contributed by atoms with E-state index in [1.165, 1.54) is 16.9 Å². The van der Waals surface area contributed by atoms with Gasteiger partial charge < -0.3 is 14.8 Å². The minimum atomic E-state index is -0.229. The summed E-state index contributed by atoms with van der Waals surface area (Å²) in [7, 11) is 1.54. The van der Waals surface area contributed by atoms with Crippen LogP contribution in [-0.4, -0.2) is 18.0 Å². The maximum absolute atomic E-state index is 12.6. The molecule has 0 aliphatic heterocycles. The second-order valence-corrected chi connectivity index (χ2v) is 7.42. The molecule has 5 nitrogen and oxygen atoms in total. The molecular formula is C20H19ClN2O3S. The van der Waals surface area contributed by atoms with Gasteiger partial charge in [-0.3, -0.25) is 4.79 Å². The van der Waals surface area contributed by atoms with E-state index in [1.807, 2.05) is 38.1 Å². The zero-order valence-corrected chi connectivity index (χ0v) is 16.8. The average Bonchev–Trinajstić information content (AvgIpc) is 3.02. The normalized spacial score (nSPS) is 10.5. The number of nitrogens with zero attached hydrogens (tertiary/aromatic N) is 1. The largest absolute Gasteiger partial charge is 0.495 e. The van der Waals surface area contributed by atoms with Crippen molar-refractivity contribution in [1.82, 2.24) is 4.98 Å². The Hall–Kier alpha value is -2.57. The fourth-order valence-electron chi connectivity index (χ4n) is 2.44. The van der Waals surface area contributed by atoms with Gasteiger partial charge in [-0.2, -0.15) is 0 Å². The molecule has 1 heterocycles. The predicted octanol–water partition coefficient (Wildman–Crippen LogP) is 5.25. The van der Waals surface area contributed by atoms with Gasteiger partial charge in [0.1, 0.15) is 28.0 Å². The molecule has 1 N–H and O–H groups in total. The van der Waals surface area contributed by atoms with Gasteiger partial charge in [-0.05, 0) is 44.2 Å². The lowest BCUT2D eigenvalue weighted by Crippen LogP contribution is -2.11. The topological polar surface area (TPSA) is 60.5 Å². The number of anilines is 1. The number of methoxy groups -OCH3 is 1. The van der Waals surface area contributed by atoms with Crippen LogP contribution in [0, 0.1) is 13.8 Å². The number of halogens is 1. The van der Waals surface area contributed by atoms with Crippen LogP contribution in [0.15, 0.2) is 42.5 Å². The van der Waals surface area contributed by atoms with Crippen molar-refractivity contribution in [2.75, 3.05) is 12.4 Å². The summed E-state index contributed by atoms with van der Waals surface area (Å²) in [4.78, 5) is 17.6. The third-order valence-electron chi connectivity index (χ3n) is 3.84. The lowest BCUT2D eigenvalue weighted by Gasteiger charge is -2.07. The highest BCUT2D eigenvalue weighted by molar-refractivity contribution is 7.13. The van der Waals surface area contributed by atoms with Gasteiger partial charge in [0.2, 0.25) is 0 Å². The van der Waals surface area contributed by atoms with Crippen LogP contribution < -0.4 is 14.8 Å². The third kappa shape index (κ3) is 4.78. The van der Waals surface area contributed by atoms with Crippen molar-refractivity contribution in [2.45, 2.75) is 20.5 Å². The van der Waals surface area contributed by atoms with Crippen molar-refractivity contribution >= 4 is 34.5 Å². The SMILES string of the molecule is COc1ccc(NC(=O)c2sc(COc3ccc(C)cc3)nc2C)cc1Cl. The maximum atomic E-state index is 12.6. The number of amides is 1. The van der Waals surface area contributed by atoms with Crippen LogP contribution in [0.25, 0.3) is 0 Å². The van der Waals surface area contributed by atoms with Gasteiger partial charge in [0, 0.05) is 5.69 Å². The van der Waals surface area contributed by atoms with Crippen LogP contribution in [0.1, 0.15) is 25.9 Å². The Labute approximate surface area is 166 Å². The Bertz CT molecular complexity index is 954. The Kier molecular flexibility index (Phi) is 5.98. The van der Waals surface area contributed by atoms with Crippen LogP contribution in [0.4, 0.5) is 5.69 Å². The Balaban J connectivity index is 1.67. The van der Waals surface area contributed by atoms with E-state index in [2.05, 4.69) is 10.3 Å². The summed E-state index contributed by atoms with van der Waals surface area (Å²) >= 11 is 7.42. The molecule has 0 atom stereocenters. The number of ether oxygens (including phenoxy) is 2. The maximum Gasteiger partial charge on any atom is 0.267 e. The van der Waals surface area contributed by atoms with Gasteiger partial charge in [0.05, 0.1) is 17.8 Å². The number of thiazole rings is 1. The summed E-state index contributed by atoms with van der Waals surface area (Å²) in [6.45, 7) is 4.15. The average molecular weight is 403 g/mol. The highest BCUT2D eigenvalue weighted by Crippen LogP contribution is 2.28. The molecule has 0 aliphatic carbocycles. The van der Waals surface area contributed by atoms with E-state index in [4.69, 9.17) is 21.1 Å². The summed E-state index contributed by atoms with van der Waals surface area (Å²) in [5.74, 6) is 1.10. The highest BCUT2D eigenvalue weighted by Gasteiger charge is 2.16. The van der Waals surface area contributed by atoms with Crippen LogP contribution in [0.5, 0.6) is 11.5 Å². The number of carbonyl (C=O) groups excluding carboxylic acids is 1. The fraction of sp³-hybridized carbons (Fsp3) is 0.200. The molecule has 140 valence electrons. The van der Waals surface area contributed by atoms with E-state index >= 15 is 0 Å². The first-order chi connectivity index (χ1) is 13.0. The number of hydrogen-bond acceptors (Lipinski definition) is 5. The van der Waals surface area contributed by atoms with Crippen LogP contribution >= 0.6 is 22.9 Å². The quantitative estimate of drug-likeness (QED) is 0.611. The molecule has 0 spiro atoms. The summed E-state index contributed by atoms with van der Waals surface area (Å²) < 4.78 is 10.9. The molecule has 0 radical (unpaired) electrons. The monoisotopic (exact) mass is 402 g/mol. The summed E-state index contributed by atoms with van der Waals surface area (Å²) in [5, 5.41) is 4.01. The molecule has 7 heteroatoms.